The van der Waals surface area contributed by atoms with Crippen molar-refractivity contribution in [1.29, 1.82) is 0 Å². The van der Waals surface area contributed by atoms with Gasteiger partial charge in [-0.1, -0.05) is 38.8 Å². The maximum Gasteiger partial charge on any atom is 0.235 e. The van der Waals surface area contributed by atoms with E-state index >= 15 is 9.59 Å². The third-order valence-corrected chi connectivity index (χ3v) is 13.3. The first-order valence-electron chi connectivity index (χ1n) is 25.7. The van der Waals surface area contributed by atoms with Crippen LogP contribution in [0.4, 0.5) is 11.4 Å². The highest BCUT2D eigenvalue weighted by atomic mass is 16.6. The smallest absolute Gasteiger partial charge is 0.235 e. The second-order valence-electron chi connectivity index (χ2n) is 18.1. The molecule has 0 unspecified atom stereocenters. The highest BCUT2D eigenvalue weighted by Crippen LogP contribution is 2.49. The van der Waals surface area contributed by atoms with E-state index in [1.54, 1.807) is 0 Å². The first kappa shape index (κ1) is 53.3. The lowest BCUT2D eigenvalue weighted by atomic mass is 9.61. The Bertz CT molecular complexity index is 1950. The number of aryl methyl sites for hydroxylation is 2. The lowest BCUT2D eigenvalue weighted by Gasteiger charge is -2.43. The Morgan fingerprint density at radius 3 is 1.06 bits per heavy atom. The summed E-state index contributed by atoms with van der Waals surface area (Å²) in [6.45, 7) is 12.5. The van der Waals surface area contributed by atoms with Crippen LogP contribution >= 0.6 is 0 Å². The molecule has 2 aliphatic carbocycles. The molecule has 16 heteroatoms. The summed E-state index contributed by atoms with van der Waals surface area (Å²) >= 11 is 0. The van der Waals surface area contributed by atoms with E-state index in [2.05, 4.69) is 36.6 Å². The molecule has 386 valence electrons. The highest BCUT2D eigenvalue weighted by molar-refractivity contribution is 6.02. The van der Waals surface area contributed by atoms with Gasteiger partial charge in [-0.05, 0) is 97.9 Å². The molecule has 3 aromatic carbocycles. The Morgan fingerprint density at radius 1 is 0.414 bits per heavy atom. The first-order valence-corrected chi connectivity index (χ1v) is 25.7. The van der Waals surface area contributed by atoms with Gasteiger partial charge in [0, 0.05) is 23.5 Å². The molecule has 2 N–H and O–H groups in total. The molecule has 70 heavy (non-hydrogen) atoms. The van der Waals surface area contributed by atoms with Gasteiger partial charge < -0.3 is 67.5 Å². The van der Waals surface area contributed by atoms with E-state index in [1.165, 1.54) is 11.1 Å². The van der Waals surface area contributed by atoms with Crippen molar-refractivity contribution < 1.29 is 66.4 Å². The quantitative estimate of drug-likeness (QED) is 0.229. The minimum atomic E-state index is -0.813. The van der Waals surface area contributed by atoms with Crippen molar-refractivity contribution in [1.82, 2.24) is 0 Å². The average molecular weight is 977 g/mol. The van der Waals surface area contributed by atoms with Gasteiger partial charge in [-0.2, -0.15) is 0 Å². The maximum atomic E-state index is 15.1. The topological polar surface area (TPSA) is 169 Å². The Hall–Kier alpha value is -4.52. The largest absolute Gasteiger partial charge is 0.487 e. The lowest BCUT2D eigenvalue weighted by Crippen LogP contribution is -2.46. The number of nitrogens with one attached hydrogen (secondary N) is 2. The molecule has 0 saturated carbocycles. The van der Waals surface area contributed by atoms with Gasteiger partial charge in [0.05, 0.1) is 117 Å². The van der Waals surface area contributed by atoms with E-state index in [0.717, 1.165) is 49.7 Å². The number of carbonyl (C=O) groups excluding carboxylic acids is 2. The summed E-state index contributed by atoms with van der Waals surface area (Å²) in [5, 5.41) is 6.64. The number of ether oxygens (including phenoxy) is 12. The molecular formula is C54H76N2O14. The zero-order valence-electron chi connectivity index (χ0n) is 41.5. The van der Waals surface area contributed by atoms with Crippen LogP contribution in [0.3, 0.4) is 0 Å². The van der Waals surface area contributed by atoms with Crippen LogP contribution in [0.2, 0.25) is 0 Å². The molecule has 2 amide bonds. The minimum absolute atomic E-state index is 0.0695. The Kier molecular flexibility index (Phi) is 21.7. The number of rotatable bonds is 8. The second kappa shape index (κ2) is 28.5. The normalized spacial score (nSPS) is 23.1. The van der Waals surface area contributed by atoms with Crippen molar-refractivity contribution in [3.63, 3.8) is 0 Å². The monoisotopic (exact) mass is 977 g/mol. The maximum absolute atomic E-state index is 15.1. The average Bonchev–Trinajstić information content (AvgIpc) is 3.36. The molecule has 0 aromatic heterocycles. The summed E-state index contributed by atoms with van der Waals surface area (Å²) in [5.41, 5.74) is 4.01. The van der Waals surface area contributed by atoms with E-state index in [-0.39, 0.29) is 25.0 Å². The fourth-order valence-corrected chi connectivity index (χ4v) is 10.0. The molecule has 16 nitrogen and oxygen atoms in total. The molecule has 7 rings (SSSR count). The van der Waals surface area contributed by atoms with Crippen LogP contribution in [-0.4, -0.2) is 144 Å². The van der Waals surface area contributed by atoms with Crippen LogP contribution in [0.15, 0.2) is 48.5 Å². The number of anilines is 2. The summed E-state index contributed by atoms with van der Waals surface area (Å²) < 4.78 is 69.8. The van der Waals surface area contributed by atoms with Gasteiger partial charge in [-0.3, -0.25) is 9.59 Å². The van der Waals surface area contributed by atoms with Gasteiger partial charge in [-0.15, -0.1) is 0 Å². The second-order valence-corrected chi connectivity index (χ2v) is 18.1. The third kappa shape index (κ3) is 14.8. The van der Waals surface area contributed by atoms with Crippen molar-refractivity contribution in [3.8, 4) is 23.0 Å². The molecule has 0 bridgehead atoms. The Morgan fingerprint density at radius 2 is 0.729 bits per heavy atom. The van der Waals surface area contributed by atoms with Crippen LogP contribution in [-0.2, 0) is 71.2 Å². The van der Waals surface area contributed by atoms with Gasteiger partial charge in [0.2, 0.25) is 11.8 Å². The lowest BCUT2D eigenvalue weighted by molar-refractivity contribution is -0.123. The first-order chi connectivity index (χ1) is 34.5. The number of fused-ring (bicyclic) bond motifs is 4. The van der Waals surface area contributed by atoms with E-state index in [4.69, 9.17) is 56.8 Å². The van der Waals surface area contributed by atoms with E-state index < -0.39 is 10.8 Å². The zero-order chi connectivity index (χ0) is 48.7. The summed E-state index contributed by atoms with van der Waals surface area (Å²) in [7, 11) is 0. The number of amides is 2. The predicted octanol–water partition coefficient (Wildman–Crippen LogP) is 7.39. The molecule has 0 saturated heterocycles. The molecule has 0 spiro atoms. The van der Waals surface area contributed by atoms with Crippen LogP contribution in [0.5, 0.6) is 23.0 Å². The summed E-state index contributed by atoms with van der Waals surface area (Å²) in [5.74, 6) is 1.95. The van der Waals surface area contributed by atoms with Gasteiger partial charge in [0.15, 0.2) is 23.0 Å². The highest BCUT2D eigenvalue weighted by Gasteiger charge is 2.47. The number of carbonyl (C=O) groups is 2. The van der Waals surface area contributed by atoms with Crippen LogP contribution in [0, 0.1) is 0 Å². The van der Waals surface area contributed by atoms with Gasteiger partial charge >= 0.3 is 0 Å². The number of benzene rings is 3. The predicted molar refractivity (Wildman–Crippen MR) is 264 cm³/mol. The van der Waals surface area contributed by atoms with Gasteiger partial charge in [-0.25, -0.2) is 0 Å². The molecule has 0 radical (unpaired) electrons. The molecule has 2 aliphatic heterocycles. The summed E-state index contributed by atoms with van der Waals surface area (Å²) in [6, 6.07) is 15.6. The zero-order valence-corrected chi connectivity index (χ0v) is 41.5. The molecule has 2 heterocycles. The van der Waals surface area contributed by atoms with E-state index in [9.17, 15) is 0 Å². The number of hydrogen-bond acceptors (Lipinski definition) is 14. The Balaban J connectivity index is 1.12. The van der Waals surface area contributed by atoms with E-state index in [1.807, 2.05) is 36.4 Å². The molecular weight excluding hydrogens is 901 g/mol. The molecule has 2 atom stereocenters. The van der Waals surface area contributed by atoms with Gasteiger partial charge in [0.1, 0.15) is 26.4 Å². The molecule has 3 aromatic rings. The fourth-order valence-electron chi connectivity index (χ4n) is 10.0. The Labute approximate surface area is 413 Å². The fraction of sp³-hybridized carbons (Fsp3) is 0.630. The van der Waals surface area contributed by atoms with Gasteiger partial charge in [0.25, 0.3) is 0 Å². The standard InChI is InChI=1S/C54H76N2O14/c1-3-13-53(51(57)55-43-9-11-47-49(38-43)69-35-31-65-27-23-61-19-17-59-21-25-63-29-33-67-47)15-5-7-41-37-42-8-6-16-54(14-4-2,46(42)40-45(41)53)52(58)56-44-10-12-48-50(39-44)70-36-32-66-28-24-62-20-18-60-22-26-64-30-34-68-48/h9-12,37-40H,3-8,13-36H2,1-2H3,(H,55,57)(H,56,58)/t53-,54-/m0/s1. The summed E-state index contributed by atoms with van der Waals surface area (Å²) in [4.78, 5) is 30.2. The van der Waals surface area contributed by atoms with Crippen molar-refractivity contribution in [2.45, 2.75) is 88.9 Å². The summed E-state index contributed by atoms with van der Waals surface area (Å²) in [6.07, 6.45) is 7.82. The van der Waals surface area contributed by atoms with Crippen molar-refractivity contribution in [2.75, 3.05) is 143 Å². The van der Waals surface area contributed by atoms with E-state index in [0.29, 0.717) is 179 Å². The van der Waals surface area contributed by atoms with Crippen LogP contribution in [0.25, 0.3) is 0 Å². The minimum Gasteiger partial charge on any atom is -0.487 e. The van der Waals surface area contributed by atoms with Crippen LogP contribution < -0.4 is 29.6 Å². The molecule has 4 aliphatic rings. The van der Waals surface area contributed by atoms with Crippen molar-refractivity contribution in [2.24, 2.45) is 0 Å². The number of hydrogen-bond donors (Lipinski definition) is 2. The molecule has 0 fully saturated rings. The van der Waals surface area contributed by atoms with Crippen LogP contribution in [0.1, 0.15) is 87.5 Å². The van der Waals surface area contributed by atoms with Crippen molar-refractivity contribution in [3.05, 3.63) is 70.8 Å². The van der Waals surface area contributed by atoms with Crippen molar-refractivity contribution >= 4 is 23.2 Å². The third-order valence-electron chi connectivity index (χ3n) is 13.3. The SMILES string of the molecule is CCC[C@]1(C(=O)Nc2ccc3c(c2)OCCOCCOCCOCCOCCO3)CCCc2cc3c(cc21)[C@@](CCC)(C(=O)Nc1ccc2c(c1)OCCOCCOCCOCCOCCO2)CCC3.